The third kappa shape index (κ3) is 8.74. The average molecular weight is 382 g/mol. The zero-order chi connectivity index (χ0) is 18.7. The van der Waals surface area contributed by atoms with Crippen LogP contribution in [-0.2, 0) is 11.3 Å². The predicted molar refractivity (Wildman–Crippen MR) is 109 cm³/mol. The number of hydrazine groups is 1. The minimum Gasteiger partial charge on any atom is -0.465 e. The van der Waals surface area contributed by atoms with Crippen LogP contribution in [0.25, 0.3) is 0 Å². The largest absolute Gasteiger partial charge is 0.465 e. The van der Waals surface area contributed by atoms with Crippen molar-refractivity contribution in [2.24, 2.45) is 10.2 Å². The van der Waals surface area contributed by atoms with E-state index in [0.717, 1.165) is 18.4 Å². The Labute approximate surface area is 160 Å². The third-order valence-electron chi connectivity index (χ3n) is 3.63. The van der Waals surface area contributed by atoms with Gasteiger partial charge in [-0.2, -0.15) is 10.2 Å². The standard InChI is InChI=1S/C17H27N5OS2/c1-5-13(3)19-22-17(4,6-2)18-15(24)20-21-16(25)23-12-14-10-8-7-9-11-14/h7-11,13H,5-6,12H2,1-4H3,(H,21,25)(H2,18,20,24). The first-order chi connectivity index (χ1) is 11.9. The number of rotatable bonds is 7. The molecule has 2 unspecified atom stereocenters. The summed E-state index contributed by atoms with van der Waals surface area (Å²) in [5, 5.41) is 12.4. The molecule has 1 aromatic carbocycles. The quantitative estimate of drug-likeness (QED) is 0.379. The van der Waals surface area contributed by atoms with Crippen LogP contribution in [0.4, 0.5) is 0 Å². The maximum Gasteiger partial charge on any atom is 0.276 e. The minimum atomic E-state index is -0.568. The van der Waals surface area contributed by atoms with Gasteiger partial charge in [-0.25, -0.2) is 0 Å². The molecule has 8 heteroatoms. The molecule has 0 bridgehead atoms. The van der Waals surface area contributed by atoms with Crippen LogP contribution in [0.1, 0.15) is 46.1 Å². The highest BCUT2D eigenvalue weighted by Crippen LogP contribution is 2.13. The second kappa shape index (κ2) is 10.9. The van der Waals surface area contributed by atoms with Gasteiger partial charge in [0, 0.05) is 0 Å². The molecular weight excluding hydrogens is 354 g/mol. The van der Waals surface area contributed by atoms with E-state index < -0.39 is 5.66 Å². The molecule has 138 valence electrons. The van der Waals surface area contributed by atoms with E-state index in [1.807, 2.05) is 51.1 Å². The fraction of sp³-hybridized carbons (Fsp3) is 0.529. The fourth-order valence-electron chi connectivity index (χ4n) is 1.63. The van der Waals surface area contributed by atoms with Crippen LogP contribution in [0, 0.1) is 0 Å². The molecule has 0 aromatic heterocycles. The van der Waals surface area contributed by atoms with Crippen molar-refractivity contribution >= 4 is 34.7 Å². The molecule has 25 heavy (non-hydrogen) atoms. The van der Waals surface area contributed by atoms with Gasteiger partial charge in [0.1, 0.15) is 12.3 Å². The van der Waals surface area contributed by atoms with Crippen molar-refractivity contribution < 1.29 is 4.74 Å². The molecule has 0 heterocycles. The summed E-state index contributed by atoms with van der Waals surface area (Å²) in [6.45, 7) is 8.46. The molecule has 0 amide bonds. The van der Waals surface area contributed by atoms with E-state index in [9.17, 15) is 0 Å². The summed E-state index contributed by atoms with van der Waals surface area (Å²) in [5.41, 5.74) is 6.04. The molecule has 0 saturated heterocycles. The van der Waals surface area contributed by atoms with E-state index in [4.69, 9.17) is 29.2 Å². The van der Waals surface area contributed by atoms with Crippen LogP contribution in [0.3, 0.4) is 0 Å². The average Bonchev–Trinajstić information content (AvgIpc) is 2.63. The van der Waals surface area contributed by atoms with Crippen molar-refractivity contribution in [1.82, 2.24) is 16.2 Å². The summed E-state index contributed by atoms with van der Waals surface area (Å²) < 4.78 is 5.46. The molecule has 0 aliphatic heterocycles. The Balaban J connectivity index is 2.39. The topological polar surface area (TPSA) is 70.0 Å². The van der Waals surface area contributed by atoms with E-state index in [1.165, 1.54) is 0 Å². The number of ether oxygens (including phenoxy) is 1. The Bertz CT molecular complexity index is 582. The monoisotopic (exact) mass is 381 g/mol. The smallest absolute Gasteiger partial charge is 0.276 e. The second-order valence-electron chi connectivity index (χ2n) is 5.87. The Hall–Kier alpha value is -1.80. The highest BCUT2D eigenvalue weighted by molar-refractivity contribution is 7.80. The molecule has 0 radical (unpaired) electrons. The highest BCUT2D eigenvalue weighted by Gasteiger charge is 2.22. The van der Waals surface area contributed by atoms with Crippen LogP contribution < -0.4 is 16.2 Å². The van der Waals surface area contributed by atoms with E-state index in [1.54, 1.807) is 0 Å². The van der Waals surface area contributed by atoms with Gasteiger partial charge < -0.3 is 10.1 Å². The van der Waals surface area contributed by atoms with Gasteiger partial charge in [-0.1, -0.05) is 44.2 Å². The molecule has 3 N–H and O–H groups in total. The third-order valence-corrected chi connectivity index (χ3v) is 4.05. The van der Waals surface area contributed by atoms with Gasteiger partial charge in [0.15, 0.2) is 5.11 Å². The number of nitrogens with one attached hydrogen (secondary N) is 3. The summed E-state index contributed by atoms with van der Waals surface area (Å²) in [6.07, 6.45) is 1.68. The number of hydrogen-bond donors (Lipinski definition) is 3. The number of hydrogen-bond acceptors (Lipinski definition) is 5. The fourth-order valence-corrected chi connectivity index (χ4v) is 2.02. The minimum absolute atomic E-state index is 0.186. The lowest BCUT2D eigenvalue weighted by atomic mass is 10.1. The molecule has 0 saturated carbocycles. The predicted octanol–water partition coefficient (Wildman–Crippen LogP) is 3.83. The molecule has 0 fully saturated rings. The van der Waals surface area contributed by atoms with Gasteiger partial charge in [0.2, 0.25) is 0 Å². The van der Waals surface area contributed by atoms with Crippen molar-refractivity contribution in [1.29, 1.82) is 0 Å². The maximum absolute atomic E-state index is 5.46. The molecule has 0 aliphatic carbocycles. The van der Waals surface area contributed by atoms with Crippen molar-refractivity contribution in [2.45, 2.75) is 58.8 Å². The van der Waals surface area contributed by atoms with Crippen molar-refractivity contribution in [2.75, 3.05) is 0 Å². The summed E-state index contributed by atoms with van der Waals surface area (Å²) >= 11 is 10.4. The van der Waals surface area contributed by atoms with Crippen molar-refractivity contribution in [3.8, 4) is 0 Å². The Morgan fingerprint density at radius 2 is 1.88 bits per heavy atom. The van der Waals surface area contributed by atoms with Crippen molar-refractivity contribution in [3.05, 3.63) is 35.9 Å². The molecule has 2 atom stereocenters. The summed E-state index contributed by atoms with van der Waals surface area (Å²) in [6, 6.07) is 9.98. The van der Waals surface area contributed by atoms with Crippen LogP contribution in [0.15, 0.2) is 40.6 Å². The number of nitrogens with zero attached hydrogens (tertiary/aromatic N) is 2. The van der Waals surface area contributed by atoms with Gasteiger partial charge in [0.25, 0.3) is 5.17 Å². The van der Waals surface area contributed by atoms with E-state index in [0.29, 0.717) is 11.7 Å². The van der Waals surface area contributed by atoms with Gasteiger partial charge >= 0.3 is 0 Å². The molecular formula is C17H27N5OS2. The van der Waals surface area contributed by atoms with Gasteiger partial charge in [-0.15, -0.1) is 0 Å². The number of benzene rings is 1. The molecule has 0 spiro atoms. The highest BCUT2D eigenvalue weighted by atomic mass is 32.1. The first-order valence-corrected chi connectivity index (χ1v) is 9.17. The number of azo groups is 1. The summed E-state index contributed by atoms with van der Waals surface area (Å²) in [4.78, 5) is 0. The van der Waals surface area contributed by atoms with Crippen LogP contribution in [0.5, 0.6) is 0 Å². The van der Waals surface area contributed by atoms with Gasteiger partial charge in [0.05, 0.1) is 6.04 Å². The lowest BCUT2D eigenvalue weighted by molar-refractivity contribution is 0.284. The second-order valence-corrected chi connectivity index (χ2v) is 6.65. The van der Waals surface area contributed by atoms with E-state index >= 15 is 0 Å². The maximum atomic E-state index is 5.46. The first-order valence-electron chi connectivity index (χ1n) is 8.35. The molecule has 1 rings (SSSR count). The normalized spacial score (nSPS) is 14.4. The summed E-state index contributed by atoms with van der Waals surface area (Å²) in [7, 11) is 0. The molecule has 6 nitrogen and oxygen atoms in total. The van der Waals surface area contributed by atoms with Gasteiger partial charge in [-0.05, 0) is 56.7 Å². The summed E-state index contributed by atoms with van der Waals surface area (Å²) in [5.74, 6) is 0. The van der Waals surface area contributed by atoms with E-state index in [-0.39, 0.29) is 11.2 Å². The van der Waals surface area contributed by atoms with Crippen LogP contribution >= 0.6 is 24.4 Å². The zero-order valence-electron chi connectivity index (χ0n) is 15.2. The molecule has 0 aliphatic rings. The lowest BCUT2D eigenvalue weighted by Crippen LogP contribution is -2.53. The SMILES string of the molecule is CCC(C)N=NC(C)(CC)NC(=S)NNC(=S)OCc1ccccc1. The lowest BCUT2D eigenvalue weighted by Gasteiger charge is -2.26. The zero-order valence-corrected chi connectivity index (χ0v) is 16.8. The Morgan fingerprint density at radius 1 is 1.20 bits per heavy atom. The Kier molecular flexibility index (Phi) is 9.30. The van der Waals surface area contributed by atoms with Gasteiger partial charge in [-0.3, -0.25) is 10.9 Å². The van der Waals surface area contributed by atoms with Crippen LogP contribution in [-0.4, -0.2) is 22.0 Å². The Morgan fingerprint density at radius 3 is 2.48 bits per heavy atom. The van der Waals surface area contributed by atoms with Crippen LogP contribution in [0.2, 0.25) is 0 Å². The first kappa shape index (κ1) is 21.2. The molecule has 1 aromatic rings. The van der Waals surface area contributed by atoms with Crippen molar-refractivity contribution in [3.63, 3.8) is 0 Å². The number of thiocarbonyl (C=S) groups is 2. The van der Waals surface area contributed by atoms with E-state index in [2.05, 4.69) is 33.3 Å².